The molecule has 0 unspecified atom stereocenters. The van der Waals surface area contributed by atoms with Crippen LogP contribution in [0.1, 0.15) is 5.56 Å². The second-order valence-corrected chi connectivity index (χ2v) is 3.61. The zero-order valence-electron chi connectivity index (χ0n) is 6.82. The molecule has 1 aromatic carbocycles. The van der Waals surface area contributed by atoms with Gasteiger partial charge in [-0.25, -0.2) is 0 Å². The van der Waals surface area contributed by atoms with Crippen LogP contribution in [0.5, 0.6) is 5.75 Å². The number of rotatable bonds is 1. The van der Waals surface area contributed by atoms with E-state index in [-0.39, 0.29) is 0 Å². The Morgan fingerprint density at radius 2 is 2.17 bits per heavy atom. The molecule has 0 spiro atoms. The number of anilines is 1. The highest BCUT2D eigenvalue weighted by molar-refractivity contribution is 9.10. The second-order valence-electron chi connectivity index (χ2n) is 2.44. The van der Waals surface area contributed by atoms with Gasteiger partial charge in [0.05, 0.1) is 22.3 Å². The van der Waals surface area contributed by atoms with Crippen LogP contribution in [0.4, 0.5) is 5.69 Å². The number of ether oxygens (including phenoxy) is 1. The third-order valence-electron chi connectivity index (χ3n) is 1.58. The fraction of sp³-hybridized carbons (Fsp3) is 0.250. The lowest BCUT2D eigenvalue weighted by molar-refractivity contribution is 0.414. The van der Waals surface area contributed by atoms with Crippen LogP contribution >= 0.6 is 27.5 Å². The molecule has 0 aromatic heterocycles. The standard InChI is InChI=1S/C8H9BrClNO/c1-4-3-5(11)8(12-2)6(9)7(4)10/h3H,11H2,1-2H3. The summed E-state index contributed by atoms with van der Waals surface area (Å²) in [6.45, 7) is 1.89. The fourth-order valence-corrected chi connectivity index (χ4v) is 1.81. The Kier molecular flexibility index (Phi) is 2.85. The van der Waals surface area contributed by atoms with Crippen molar-refractivity contribution in [2.45, 2.75) is 6.92 Å². The van der Waals surface area contributed by atoms with Gasteiger partial charge < -0.3 is 10.5 Å². The van der Waals surface area contributed by atoms with Crippen LogP contribution in [0.15, 0.2) is 10.5 Å². The molecule has 0 radical (unpaired) electrons. The third kappa shape index (κ3) is 1.52. The van der Waals surface area contributed by atoms with Crippen LogP contribution in [-0.2, 0) is 0 Å². The number of benzene rings is 1. The van der Waals surface area contributed by atoms with Gasteiger partial charge in [0.15, 0.2) is 5.75 Å². The Bertz CT molecular complexity index is 314. The summed E-state index contributed by atoms with van der Waals surface area (Å²) in [6, 6.07) is 1.78. The van der Waals surface area contributed by atoms with Gasteiger partial charge >= 0.3 is 0 Å². The van der Waals surface area contributed by atoms with E-state index in [4.69, 9.17) is 22.1 Å². The van der Waals surface area contributed by atoms with E-state index in [0.29, 0.717) is 20.9 Å². The lowest BCUT2D eigenvalue weighted by Crippen LogP contribution is -1.95. The highest BCUT2D eigenvalue weighted by Crippen LogP contribution is 2.39. The molecule has 0 atom stereocenters. The van der Waals surface area contributed by atoms with Gasteiger partial charge in [-0.2, -0.15) is 0 Å². The van der Waals surface area contributed by atoms with Crippen LogP contribution in [0.2, 0.25) is 5.02 Å². The first-order valence-corrected chi connectivity index (χ1v) is 4.53. The van der Waals surface area contributed by atoms with Crippen LogP contribution in [0, 0.1) is 6.92 Å². The average molecular weight is 251 g/mol. The number of nitrogens with two attached hydrogens (primary N) is 1. The number of halogens is 2. The molecule has 4 heteroatoms. The lowest BCUT2D eigenvalue weighted by atomic mass is 10.2. The van der Waals surface area contributed by atoms with Crippen molar-refractivity contribution in [3.8, 4) is 5.75 Å². The first-order chi connectivity index (χ1) is 5.57. The van der Waals surface area contributed by atoms with E-state index in [1.54, 1.807) is 13.2 Å². The van der Waals surface area contributed by atoms with E-state index in [1.807, 2.05) is 6.92 Å². The molecular formula is C8H9BrClNO. The Morgan fingerprint density at radius 3 is 2.67 bits per heavy atom. The molecule has 0 bridgehead atoms. The summed E-state index contributed by atoms with van der Waals surface area (Å²) in [4.78, 5) is 0. The molecule has 66 valence electrons. The van der Waals surface area contributed by atoms with E-state index in [9.17, 15) is 0 Å². The monoisotopic (exact) mass is 249 g/mol. The third-order valence-corrected chi connectivity index (χ3v) is 3.05. The molecule has 0 aliphatic rings. The van der Waals surface area contributed by atoms with Gasteiger partial charge in [-0.3, -0.25) is 0 Å². The van der Waals surface area contributed by atoms with E-state index in [1.165, 1.54) is 0 Å². The van der Waals surface area contributed by atoms with Crippen molar-refractivity contribution in [2.24, 2.45) is 0 Å². The largest absolute Gasteiger partial charge is 0.493 e. The van der Waals surface area contributed by atoms with Crippen molar-refractivity contribution in [1.82, 2.24) is 0 Å². The van der Waals surface area contributed by atoms with Crippen LogP contribution in [0.25, 0.3) is 0 Å². The van der Waals surface area contributed by atoms with E-state index < -0.39 is 0 Å². The molecule has 1 aromatic rings. The first kappa shape index (κ1) is 9.68. The summed E-state index contributed by atoms with van der Waals surface area (Å²) in [7, 11) is 1.56. The Labute approximate surface area is 84.8 Å². The molecule has 0 saturated carbocycles. The average Bonchev–Trinajstić information content (AvgIpc) is 2.01. The summed E-state index contributed by atoms with van der Waals surface area (Å²) in [6.07, 6.45) is 0. The lowest BCUT2D eigenvalue weighted by Gasteiger charge is -2.09. The Balaban J connectivity index is 3.40. The minimum absolute atomic E-state index is 0.589. The van der Waals surface area contributed by atoms with Gasteiger partial charge in [0.25, 0.3) is 0 Å². The summed E-state index contributed by atoms with van der Waals surface area (Å²) in [5.41, 5.74) is 7.21. The van der Waals surface area contributed by atoms with Crippen LogP contribution < -0.4 is 10.5 Å². The normalized spacial score (nSPS) is 10.0. The van der Waals surface area contributed by atoms with Crippen molar-refractivity contribution in [3.05, 3.63) is 21.1 Å². The maximum atomic E-state index is 5.95. The fourth-order valence-electron chi connectivity index (χ4n) is 0.969. The Hall–Kier alpha value is -0.410. The smallest absolute Gasteiger partial charge is 0.157 e. The van der Waals surface area contributed by atoms with E-state index in [2.05, 4.69) is 15.9 Å². The molecule has 2 N–H and O–H groups in total. The summed E-state index contributed by atoms with van der Waals surface area (Å²) in [5, 5.41) is 0.640. The van der Waals surface area contributed by atoms with Crippen molar-refractivity contribution >= 4 is 33.2 Å². The zero-order valence-corrected chi connectivity index (χ0v) is 9.16. The van der Waals surface area contributed by atoms with E-state index in [0.717, 1.165) is 5.56 Å². The molecule has 0 fully saturated rings. The van der Waals surface area contributed by atoms with Gasteiger partial charge in [-0.05, 0) is 34.5 Å². The molecule has 0 heterocycles. The molecular weight excluding hydrogens is 241 g/mol. The number of methoxy groups -OCH3 is 1. The summed E-state index contributed by atoms with van der Waals surface area (Å²) < 4.78 is 5.77. The van der Waals surface area contributed by atoms with Crippen molar-refractivity contribution in [3.63, 3.8) is 0 Å². The van der Waals surface area contributed by atoms with Crippen molar-refractivity contribution < 1.29 is 4.74 Å². The summed E-state index contributed by atoms with van der Waals surface area (Å²) >= 11 is 9.26. The van der Waals surface area contributed by atoms with Crippen LogP contribution in [0.3, 0.4) is 0 Å². The van der Waals surface area contributed by atoms with E-state index >= 15 is 0 Å². The molecule has 0 aliphatic carbocycles. The molecule has 0 amide bonds. The second kappa shape index (κ2) is 3.54. The SMILES string of the molecule is COc1c(N)cc(C)c(Cl)c1Br. The van der Waals surface area contributed by atoms with Crippen molar-refractivity contribution in [2.75, 3.05) is 12.8 Å². The van der Waals surface area contributed by atoms with Gasteiger partial charge in [0.2, 0.25) is 0 Å². The first-order valence-electron chi connectivity index (χ1n) is 3.36. The molecule has 12 heavy (non-hydrogen) atoms. The maximum absolute atomic E-state index is 5.95. The zero-order chi connectivity index (χ0) is 9.30. The minimum atomic E-state index is 0.589. The topological polar surface area (TPSA) is 35.2 Å². The predicted octanol–water partition coefficient (Wildman–Crippen LogP) is 3.00. The molecule has 0 saturated heterocycles. The number of aryl methyl sites for hydroxylation is 1. The number of hydrogen-bond donors (Lipinski definition) is 1. The Morgan fingerprint density at radius 1 is 1.58 bits per heavy atom. The van der Waals surface area contributed by atoms with Gasteiger partial charge in [0.1, 0.15) is 0 Å². The van der Waals surface area contributed by atoms with Crippen molar-refractivity contribution in [1.29, 1.82) is 0 Å². The maximum Gasteiger partial charge on any atom is 0.157 e. The number of hydrogen-bond acceptors (Lipinski definition) is 2. The predicted molar refractivity (Wildman–Crippen MR) is 54.9 cm³/mol. The number of nitrogen functional groups attached to an aromatic ring is 1. The summed E-state index contributed by atoms with van der Waals surface area (Å²) in [5.74, 6) is 0.589. The van der Waals surface area contributed by atoms with Crippen LogP contribution in [-0.4, -0.2) is 7.11 Å². The minimum Gasteiger partial charge on any atom is -0.493 e. The molecule has 0 aliphatic heterocycles. The van der Waals surface area contributed by atoms with Gasteiger partial charge in [-0.15, -0.1) is 0 Å². The van der Waals surface area contributed by atoms with Gasteiger partial charge in [-0.1, -0.05) is 11.6 Å². The highest BCUT2D eigenvalue weighted by atomic mass is 79.9. The molecule has 1 rings (SSSR count). The quantitative estimate of drug-likeness (QED) is 0.778. The highest BCUT2D eigenvalue weighted by Gasteiger charge is 2.10. The molecule has 2 nitrogen and oxygen atoms in total. The van der Waals surface area contributed by atoms with Gasteiger partial charge in [0, 0.05) is 0 Å².